The fourth-order valence-electron chi connectivity index (χ4n) is 2.00. The predicted octanol–water partition coefficient (Wildman–Crippen LogP) is 3.83. The van der Waals surface area contributed by atoms with E-state index in [1.807, 2.05) is 6.92 Å². The summed E-state index contributed by atoms with van der Waals surface area (Å²) in [6.45, 7) is 3.57. The first kappa shape index (κ1) is 14.0. The Morgan fingerprint density at radius 2 is 1.84 bits per heavy atom. The van der Waals surface area contributed by atoms with E-state index in [0.717, 1.165) is 11.1 Å². The van der Waals surface area contributed by atoms with Crippen LogP contribution in [0.1, 0.15) is 32.7 Å². The molecule has 1 unspecified atom stereocenters. The average molecular weight is 286 g/mol. The smallest absolute Gasteiger partial charge is 0.320 e. The molecule has 0 aliphatic carbocycles. The molecule has 6 heteroatoms. The lowest BCUT2D eigenvalue weighted by atomic mass is 9.99. The lowest BCUT2D eigenvalue weighted by Gasteiger charge is -2.17. The minimum absolute atomic E-state index is 0.0850. The van der Waals surface area contributed by atoms with Crippen LogP contribution < -0.4 is 5.73 Å². The molecule has 0 amide bonds. The van der Waals surface area contributed by atoms with E-state index < -0.39 is 17.8 Å². The van der Waals surface area contributed by atoms with Gasteiger partial charge in [-0.3, -0.25) is 0 Å². The number of aryl methyl sites for hydroxylation is 2. The number of nitrogens with zero attached hydrogens (tertiary/aromatic N) is 1. The second kappa shape index (κ2) is 4.94. The molecule has 1 aromatic carbocycles. The Kier molecular flexibility index (Phi) is 3.64. The van der Waals surface area contributed by atoms with Gasteiger partial charge in [0, 0.05) is 4.88 Å². The van der Waals surface area contributed by atoms with Gasteiger partial charge in [-0.15, -0.1) is 11.3 Å². The van der Waals surface area contributed by atoms with Gasteiger partial charge in [0.1, 0.15) is 0 Å². The molecule has 0 saturated heterocycles. The van der Waals surface area contributed by atoms with Gasteiger partial charge in [-0.05, 0) is 25.5 Å². The molecule has 1 atom stereocenters. The minimum Gasteiger partial charge on any atom is -0.320 e. The van der Waals surface area contributed by atoms with Crippen molar-refractivity contribution in [2.24, 2.45) is 5.73 Å². The Bertz CT molecular complexity index is 590. The number of hydrogen-bond acceptors (Lipinski definition) is 3. The lowest BCUT2D eigenvalue weighted by Crippen LogP contribution is -2.18. The van der Waals surface area contributed by atoms with Crippen molar-refractivity contribution in [3.63, 3.8) is 0 Å². The summed E-state index contributed by atoms with van der Waals surface area (Å²) in [4.78, 5) is 4.88. The molecule has 1 aromatic heterocycles. The molecule has 102 valence electrons. The number of nitrogens with two attached hydrogens (primary N) is 1. The van der Waals surface area contributed by atoms with Gasteiger partial charge in [-0.2, -0.15) is 13.2 Å². The van der Waals surface area contributed by atoms with Gasteiger partial charge in [-0.25, -0.2) is 4.98 Å². The van der Waals surface area contributed by atoms with E-state index in [9.17, 15) is 13.2 Å². The molecule has 2 aromatic rings. The topological polar surface area (TPSA) is 38.9 Å². The molecule has 2 N–H and O–H groups in total. The highest BCUT2D eigenvalue weighted by molar-refractivity contribution is 7.11. The zero-order valence-electron chi connectivity index (χ0n) is 10.5. The minimum atomic E-state index is -4.40. The molecular weight excluding hydrogens is 273 g/mol. The Hall–Kier alpha value is -1.40. The van der Waals surface area contributed by atoms with Crippen molar-refractivity contribution in [1.82, 2.24) is 4.98 Å². The summed E-state index contributed by atoms with van der Waals surface area (Å²) in [5.74, 6) is 0. The monoisotopic (exact) mass is 286 g/mol. The van der Waals surface area contributed by atoms with Gasteiger partial charge in [0.25, 0.3) is 0 Å². The lowest BCUT2D eigenvalue weighted by molar-refractivity contribution is -0.138. The number of hydrogen-bond donors (Lipinski definition) is 1. The van der Waals surface area contributed by atoms with Crippen molar-refractivity contribution >= 4 is 11.3 Å². The van der Waals surface area contributed by atoms with Crippen LogP contribution in [0.25, 0.3) is 0 Å². The van der Waals surface area contributed by atoms with Crippen molar-refractivity contribution in [3.05, 3.63) is 51.0 Å². The molecule has 0 spiro atoms. The maximum Gasteiger partial charge on any atom is 0.416 e. The van der Waals surface area contributed by atoms with Crippen molar-refractivity contribution in [3.8, 4) is 0 Å². The van der Waals surface area contributed by atoms with E-state index in [1.165, 1.54) is 23.5 Å². The summed E-state index contributed by atoms with van der Waals surface area (Å²) < 4.78 is 38.9. The summed E-state index contributed by atoms with van der Waals surface area (Å²) in [6.07, 6.45) is -4.40. The third kappa shape index (κ3) is 2.79. The van der Waals surface area contributed by atoms with Crippen molar-refractivity contribution in [2.45, 2.75) is 26.1 Å². The van der Waals surface area contributed by atoms with E-state index in [4.69, 9.17) is 5.73 Å². The highest BCUT2D eigenvalue weighted by Gasteiger charge is 2.35. The molecule has 0 fully saturated rings. The van der Waals surface area contributed by atoms with Gasteiger partial charge in [0.15, 0.2) is 0 Å². The highest BCUT2D eigenvalue weighted by Crippen LogP contribution is 2.37. The molecule has 19 heavy (non-hydrogen) atoms. The summed E-state index contributed by atoms with van der Waals surface area (Å²) >= 11 is 1.33. The zero-order chi connectivity index (χ0) is 14.2. The molecule has 2 nitrogen and oxygen atoms in total. The largest absolute Gasteiger partial charge is 0.416 e. The van der Waals surface area contributed by atoms with Crippen LogP contribution in [-0.2, 0) is 6.18 Å². The molecule has 0 aliphatic rings. The first-order valence-electron chi connectivity index (χ1n) is 5.66. The molecule has 0 radical (unpaired) electrons. The number of rotatable bonds is 2. The van der Waals surface area contributed by atoms with Gasteiger partial charge in [0.05, 0.1) is 22.3 Å². The van der Waals surface area contributed by atoms with Crippen LogP contribution in [0.15, 0.2) is 24.3 Å². The van der Waals surface area contributed by atoms with Gasteiger partial charge >= 0.3 is 6.18 Å². The highest BCUT2D eigenvalue weighted by atomic mass is 32.1. The molecule has 0 bridgehead atoms. The van der Waals surface area contributed by atoms with Crippen LogP contribution in [0.5, 0.6) is 0 Å². The quantitative estimate of drug-likeness (QED) is 0.911. The second-order valence-electron chi connectivity index (χ2n) is 4.25. The summed E-state index contributed by atoms with van der Waals surface area (Å²) in [6, 6.07) is 4.60. The maximum atomic E-state index is 13.0. The molecule has 0 aliphatic heterocycles. The van der Waals surface area contributed by atoms with E-state index in [2.05, 4.69) is 4.98 Å². The molecular formula is C13H13F3N2S. The van der Waals surface area contributed by atoms with Crippen molar-refractivity contribution in [1.29, 1.82) is 0 Å². The number of thiazole rings is 1. The third-order valence-corrected chi connectivity index (χ3v) is 3.98. The van der Waals surface area contributed by atoms with Gasteiger partial charge in [-0.1, -0.05) is 18.2 Å². The molecule has 0 saturated carbocycles. The normalized spacial score (nSPS) is 13.6. The molecule has 2 rings (SSSR count). The van der Waals surface area contributed by atoms with Crippen molar-refractivity contribution in [2.75, 3.05) is 0 Å². The standard InChI is InChI=1S/C13H13F3N2S/c1-7-12(19-8(2)18-7)11(17)9-5-3-4-6-10(9)13(14,15)16/h3-6,11H,17H2,1-2H3. The van der Waals surface area contributed by atoms with Crippen LogP contribution in [0.2, 0.25) is 0 Å². The van der Waals surface area contributed by atoms with Crippen LogP contribution in [-0.4, -0.2) is 4.98 Å². The van der Waals surface area contributed by atoms with Crippen LogP contribution in [0, 0.1) is 13.8 Å². The van der Waals surface area contributed by atoms with E-state index in [1.54, 1.807) is 13.0 Å². The van der Waals surface area contributed by atoms with Crippen molar-refractivity contribution < 1.29 is 13.2 Å². The Morgan fingerprint density at radius 1 is 1.21 bits per heavy atom. The average Bonchev–Trinajstić information content (AvgIpc) is 2.66. The Morgan fingerprint density at radius 3 is 2.37 bits per heavy atom. The van der Waals surface area contributed by atoms with E-state index >= 15 is 0 Å². The van der Waals surface area contributed by atoms with E-state index in [0.29, 0.717) is 10.6 Å². The second-order valence-corrected chi connectivity index (χ2v) is 5.48. The summed E-state index contributed by atoms with van der Waals surface area (Å²) in [7, 11) is 0. The summed E-state index contributed by atoms with van der Waals surface area (Å²) in [5, 5.41) is 0.799. The SMILES string of the molecule is Cc1nc(C)c(C(N)c2ccccc2C(F)(F)F)s1. The fourth-order valence-corrected chi connectivity index (χ4v) is 2.95. The number of benzene rings is 1. The van der Waals surface area contributed by atoms with Crippen LogP contribution >= 0.6 is 11.3 Å². The first-order valence-corrected chi connectivity index (χ1v) is 6.48. The fraction of sp³-hybridized carbons (Fsp3) is 0.308. The summed E-state index contributed by atoms with van der Waals surface area (Å²) in [5.41, 5.74) is 6.08. The predicted molar refractivity (Wildman–Crippen MR) is 69.1 cm³/mol. The van der Waals surface area contributed by atoms with Crippen LogP contribution in [0.4, 0.5) is 13.2 Å². The molecule has 1 heterocycles. The van der Waals surface area contributed by atoms with Gasteiger partial charge in [0.2, 0.25) is 0 Å². The number of halogens is 3. The maximum absolute atomic E-state index is 13.0. The van der Waals surface area contributed by atoms with Crippen LogP contribution in [0.3, 0.4) is 0 Å². The number of aromatic nitrogens is 1. The first-order chi connectivity index (χ1) is 8.80. The number of alkyl halides is 3. The van der Waals surface area contributed by atoms with Gasteiger partial charge < -0.3 is 5.73 Å². The zero-order valence-corrected chi connectivity index (χ0v) is 11.3. The van der Waals surface area contributed by atoms with E-state index in [-0.39, 0.29) is 5.56 Å². The Balaban J connectivity index is 2.50. The third-order valence-electron chi connectivity index (χ3n) is 2.82. The Labute approximate surface area is 113 Å².